The van der Waals surface area contributed by atoms with Crippen LogP contribution in [0.15, 0.2) is 24.3 Å². The quantitative estimate of drug-likeness (QED) is 0.570. The van der Waals surface area contributed by atoms with Crippen molar-refractivity contribution in [3.63, 3.8) is 0 Å². The van der Waals surface area contributed by atoms with Crippen molar-refractivity contribution in [3.05, 3.63) is 35.0 Å². The first-order valence-electron chi connectivity index (χ1n) is 4.82. The lowest BCUT2D eigenvalue weighted by molar-refractivity contribution is 0.100. The van der Waals surface area contributed by atoms with Gasteiger partial charge in [-0.3, -0.25) is 4.79 Å². The van der Waals surface area contributed by atoms with E-state index in [9.17, 15) is 9.18 Å². The van der Waals surface area contributed by atoms with Crippen LogP contribution in [0.25, 0.3) is 10.1 Å². The Morgan fingerprint density at radius 2 is 2.25 bits per heavy atom. The minimum atomic E-state index is -0.280. The van der Waals surface area contributed by atoms with E-state index in [1.165, 1.54) is 23.5 Å². The average Bonchev–Trinajstić information content (AvgIpc) is 2.68. The van der Waals surface area contributed by atoms with Crippen LogP contribution in [-0.2, 0) is 0 Å². The lowest BCUT2D eigenvalue weighted by Crippen LogP contribution is -1.92. The van der Waals surface area contributed by atoms with Crippen molar-refractivity contribution in [2.75, 3.05) is 0 Å². The number of carbonyl (C=O) groups excluding carboxylic acids is 1. The zero-order valence-corrected chi connectivity index (χ0v) is 9.53. The van der Waals surface area contributed by atoms with Crippen LogP contribution in [0.3, 0.4) is 0 Å². The molecule has 3 heteroatoms. The van der Waals surface area contributed by atoms with Gasteiger partial charge in [0.25, 0.3) is 0 Å². The van der Waals surface area contributed by atoms with Crippen LogP contribution >= 0.6 is 11.3 Å². The molecule has 0 bridgehead atoms. The molecular weight excluding hydrogens is 223 g/mol. The van der Waals surface area contributed by atoms with Gasteiger partial charge in [0.1, 0.15) is 5.82 Å². The summed E-state index contributed by atoms with van der Waals surface area (Å²) in [6.07, 6.45) is 0.228. The van der Waals surface area contributed by atoms with Crippen molar-refractivity contribution in [2.24, 2.45) is 0 Å². The van der Waals surface area contributed by atoms with Gasteiger partial charge in [-0.25, -0.2) is 4.39 Å². The summed E-state index contributed by atoms with van der Waals surface area (Å²) in [5.74, 6) is 5.14. The van der Waals surface area contributed by atoms with Crippen molar-refractivity contribution in [2.45, 2.75) is 13.3 Å². The summed E-state index contributed by atoms with van der Waals surface area (Å²) in [5, 5.41) is 0.776. The third kappa shape index (κ3) is 2.12. The highest BCUT2D eigenvalue weighted by molar-refractivity contribution is 7.20. The Kier molecular flexibility index (Phi) is 3.02. The van der Waals surface area contributed by atoms with Gasteiger partial charge in [-0.1, -0.05) is 5.92 Å². The van der Waals surface area contributed by atoms with Gasteiger partial charge in [-0.05, 0) is 36.6 Å². The van der Waals surface area contributed by atoms with E-state index < -0.39 is 0 Å². The molecule has 1 nitrogen and oxygen atoms in total. The number of thiophene rings is 1. The summed E-state index contributed by atoms with van der Waals surface area (Å²) in [7, 11) is 0. The summed E-state index contributed by atoms with van der Waals surface area (Å²) in [6.45, 7) is 1.70. The number of carbonyl (C=O) groups is 1. The van der Waals surface area contributed by atoms with Crippen LogP contribution in [0, 0.1) is 17.7 Å². The summed E-state index contributed by atoms with van der Waals surface area (Å²) in [6, 6.07) is 6.26. The van der Waals surface area contributed by atoms with Gasteiger partial charge in [0.05, 0.1) is 11.3 Å². The molecule has 1 aromatic carbocycles. The SMILES string of the molecule is CC#CCC(=O)c1cc2cc(F)ccc2s1. The summed E-state index contributed by atoms with van der Waals surface area (Å²) in [4.78, 5) is 12.3. The van der Waals surface area contributed by atoms with E-state index in [0.717, 1.165) is 10.1 Å². The number of ketones is 1. The lowest BCUT2D eigenvalue weighted by Gasteiger charge is -1.87. The lowest BCUT2D eigenvalue weighted by atomic mass is 10.2. The maximum Gasteiger partial charge on any atom is 0.184 e. The molecule has 16 heavy (non-hydrogen) atoms. The van der Waals surface area contributed by atoms with Gasteiger partial charge in [0.2, 0.25) is 0 Å². The molecule has 0 fully saturated rings. The second-order valence-electron chi connectivity index (χ2n) is 3.32. The third-order valence-corrected chi connectivity index (χ3v) is 3.34. The number of benzene rings is 1. The number of hydrogen-bond acceptors (Lipinski definition) is 2. The number of rotatable bonds is 2. The summed E-state index contributed by atoms with van der Waals surface area (Å²) >= 11 is 1.38. The van der Waals surface area contributed by atoms with Crippen molar-refractivity contribution in [3.8, 4) is 11.8 Å². The van der Waals surface area contributed by atoms with Crippen LogP contribution in [0.5, 0.6) is 0 Å². The Morgan fingerprint density at radius 1 is 1.44 bits per heavy atom. The smallest absolute Gasteiger partial charge is 0.184 e. The molecule has 0 aliphatic heterocycles. The molecule has 0 N–H and O–H groups in total. The van der Waals surface area contributed by atoms with Crippen LogP contribution in [0.2, 0.25) is 0 Å². The van der Waals surface area contributed by atoms with Gasteiger partial charge < -0.3 is 0 Å². The van der Waals surface area contributed by atoms with Gasteiger partial charge in [-0.15, -0.1) is 17.3 Å². The second kappa shape index (κ2) is 4.46. The molecule has 0 unspecified atom stereocenters. The fourth-order valence-corrected chi connectivity index (χ4v) is 2.39. The molecule has 1 heterocycles. The zero-order valence-electron chi connectivity index (χ0n) is 8.71. The molecular formula is C13H9FOS. The highest BCUT2D eigenvalue weighted by Crippen LogP contribution is 2.26. The Hall–Kier alpha value is -1.66. The average molecular weight is 232 g/mol. The molecule has 0 spiro atoms. The Balaban J connectivity index is 2.38. The molecule has 1 aromatic heterocycles. The number of hydrogen-bond donors (Lipinski definition) is 0. The number of halogens is 1. The first-order chi connectivity index (χ1) is 7.70. The standard InChI is InChI=1S/C13H9FOS/c1-2-3-4-11(15)13-8-9-7-10(14)5-6-12(9)16-13/h5-8H,4H2,1H3. The highest BCUT2D eigenvalue weighted by atomic mass is 32.1. The Bertz CT molecular complexity index is 601. The third-order valence-electron chi connectivity index (χ3n) is 2.18. The van der Waals surface area contributed by atoms with E-state index in [1.807, 2.05) is 0 Å². The van der Waals surface area contributed by atoms with E-state index in [4.69, 9.17) is 0 Å². The normalized spacial score (nSPS) is 9.88. The molecule has 2 rings (SSSR count). The molecule has 0 atom stereocenters. The maximum atomic E-state index is 12.9. The monoisotopic (exact) mass is 232 g/mol. The minimum absolute atomic E-state index is 0.00374. The molecule has 0 amide bonds. The van der Waals surface area contributed by atoms with Crippen molar-refractivity contribution < 1.29 is 9.18 Å². The van der Waals surface area contributed by atoms with E-state index >= 15 is 0 Å². The van der Waals surface area contributed by atoms with Crippen LogP contribution in [0.1, 0.15) is 23.0 Å². The van der Waals surface area contributed by atoms with Crippen molar-refractivity contribution in [1.29, 1.82) is 0 Å². The summed E-state index contributed by atoms with van der Waals surface area (Å²) in [5.41, 5.74) is 0. The van der Waals surface area contributed by atoms with Gasteiger partial charge in [0.15, 0.2) is 5.78 Å². The molecule has 2 aromatic rings. The first-order valence-corrected chi connectivity index (χ1v) is 5.64. The van der Waals surface area contributed by atoms with Crippen LogP contribution in [-0.4, -0.2) is 5.78 Å². The molecule has 0 saturated heterocycles. The van der Waals surface area contributed by atoms with E-state index in [-0.39, 0.29) is 18.0 Å². The Labute approximate surface area is 96.9 Å². The molecule has 0 aliphatic carbocycles. The van der Waals surface area contributed by atoms with Crippen LogP contribution < -0.4 is 0 Å². The van der Waals surface area contributed by atoms with Gasteiger partial charge >= 0.3 is 0 Å². The second-order valence-corrected chi connectivity index (χ2v) is 4.40. The molecule has 80 valence electrons. The first kappa shape index (κ1) is 10.8. The Morgan fingerprint density at radius 3 is 3.00 bits per heavy atom. The van der Waals surface area contributed by atoms with E-state index in [1.54, 1.807) is 19.1 Å². The van der Waals surface area contributed by atoms with Crippen LogP contribution in [0.4, 0.5) is 4.39 Å². The zero-order chi connectivity index (χ0) is 11.5. The van der Waals surface area contributed by atoms with Crippen molar-refractivity contribution >= 4 is 27.2 Å². The maximum absolute atomic E-state index is 12.9. The molecule has 0 aliphatic rings. The van der Waals surface area contributed by atoms with Crippen molar-refractivity contribution in [1.82, 2.24) is 0 Å². The minimum Gasteiger partial charge on any atom is -0.292 e. The van der Waals surface area contributed by atoms with Gasteiger partial charge in [-0.2, -0.15) is 0 Å². The topological polar surface area (TPSA) is 17.1 Å². The van der Waals surface area contributed by atoms with E-state index in [2.05, 4.69) is 11.8 Å². The fourth-order valence-electron chi connectivity index (χ4n) is 1.41. The molecule has 0 saturated carbocycles. The van der Waals surface area contributed by atoms with E-state index in [0.29, 0.717) is 4.88 Å². The molecule has 0 radical (unpaired) electrons. The highest BCUT2D eigenvalue weighted by Gasteiger charge is 2.09. The largest absolute Gasteiger partial charge is 0.292 e. The predicted molar refractivity (Wildman–Crippen MR) is 64.2 cm³/mol. The fraction of sp³-hybridized carbons (Fsp3) is 0.154. The number of fused-ring (bicyclic) bond motifs is 1. The summed E-state index contributed by atoms with van der Waals surface area (Å²) < 4.78 is 13.9. The predicted octanol–water partition coefficient (Wildman–Crippen LogP) is 3.64. The van der Waals surface area contributed by atoms with Gasteiger partial charge in [0, 0.05) is 4.70 Å². The number of Topliss-reactive ketones (excluding diaryl/α,β-unsaturated/α-hetero) is 1.